The highest BCUT2D eigenvalue weighted by Gasteiger charge is 2.14. The van der Waals surface area contributed by atoms with Gasteiger partial charge in [0, 0.05) is 11.8 Å². The van der Waals surface area contributed by atoms with Crippen LogP contribution >= 0.6 is 11.3 Å². The Bertz CT molecular complexity index is 606. The van der Waals surface area contributed by atoms with E-state index >= 15 is 0 Å². The molecule has 0 aliphatic rings. The first kappa shape index (κ1) is 15.3. The van der Waals surface area contributed by atoms with Gasteiger partial charge in [-0.05, 0) is 24.3 Å². The van der Waals surface area contributed by atoms with Gasteiger partial charge in [-0.1, -0.05) is 0 Å². The van der Waals surface area contributed by atoms with Crippen LogP contribution in [0.4, 0.5) is 0 Å². The SMILES string of the molecule is CC(=O)NCc1ccc(C(=O)NCC(O)c2ccco2)s1. The van der Waals surface area contributed by atoms with E-state index in [4.69, 9.17) is 4.42 Å². The van der Waals surface area contributed by atoms with E-state index in [1.165, 1.54) is 24.5 Å². The van der Waals surface area contributed by atoms with Crippen molar-refractivity contribution in [3.8, 4) is 0 Å². The summed E-state index contributed by atoms with van der Waals surface area (Å²) in [5.74, 6) is 0.0310. The standard InChI is InChI=1S/C14H16N2O4S/c1-9(17)15-7-10-4-5-13(21-10)14(19)16-8-11(18)12-3-2-6-20-12/h2-6,11,18H,7-8H2,1H3,(H,15,17)(H,16,19). The Morgan fingerprint density at radius 3 is 2.81 bits per heavy atom. The third-order valence-corrected chi connectivity index (χ3v) is 3.81. The number of rotatable bonds is 6. The highest BCUT2D eigenvalue weighted by molar-refractivity contribution is 7.14. The lowest BCUT2D eigenvalue weighted by Gasteiger charge is -2.08. The van der Waals surface area contributed by atoms with Gasteiger partial charge in [-0.15, -0.1) is 11.3 Å². The molecule has 7 heteroatoms. The smallest absolute Gasteiger partial charge is 0.261 e. The molecule has 0 bridgehead atoms. The Balaban J connectivity index is 1.84. The van der Waals surface area contributed by atoms with Gasteiger partial charge in [-0.25, -0.2) is 0 Å². The second kappa shape index (κ2) is 7.05. The number of amides is 2. The fraction of sp³-hybridized carbons (Fsp3) is 0.286. The van der Waals surface area contributed by atoms with Gasteiger partial charge >= 0.3 is 0 Å². The summed E-state index contributed by atoms with van der Waals surface area (Å²) in [5.41, 5.74) is 0. The van der Waals surface area contributed by atoms with Gasteiger partial charge < -0.3 is 20.2 Å². The van der Waals surface area contributed by atoms with Gasteiger partial charge in [0.2, 0.25) is 5.91 Å². The minimum atomic E-state index is -0.872. The van der Waals surface area contributed by atoms with Crippen LogP contribution < -0.4 is 10.6 Å². The van der Waals surface area contributed by atoms with Gasteiger partial charge in [0.15, 0.2) is 0 Å². The lowest BCUT2D eigenvalue weighted by atomic mass is 10.2. The molecule has 0 radical (unpaired) electrons. The predicted molar refractivity (Wildman–Crippen MR) is 77.8 cm³/mol. The molecule has 112 valence electrons. The molecule has 2 heterocycles. The van der Waals surface area contributed by atoms with Crippen LogP contribution in [0.3, 0.4) is 0 Å². The molecule has 0 saturated carbocycles. The molecule has 0 aromatic carbocycles. The number of aliphatic hydroxyl groups is 1. The zero-order valence-electron chi connectivity index (χ0n) is 11.5. The Kier molecular flexibility index (Phi) is 5.13. The van der Waals surface area contributed by atoms with E-state index < -0.39 is 6.10 Å². The van der Waals surface area contributed by atoms with Crippen LogP contribution in [0.1, 0.15) is 33.3 Å². The van der Waals surface area contributed by atoms with Crippen LogP contribution in [0, 0.1) is 0 Å². The quantitative estimate of drug-likeness (QED) is 0.753. The van der Waals surface area contributed by atoms with E-state index in [1.807, 2.05) is 0 Å². The van der Waals surface area contributed by atoms with Crippen molar-refractivity contribution in [2.45, 2.75) is 19.6 Å². The van der Waals surface area contributed by atoms with E-state index in [1.54, 1.807) is 24.3 Å². The molecule has 1 unspecified atom stereocenters. The molecule has 0 spiro atoms. The summed E-state index contributed by atoms with van der Waals surface area (Å²) < 4.78 is 5.05. The first-order valence-corrected chi connectivity index (χ1v) is 7.20. The maximum absolute atomic E-state index is 11.9. The number of hydrogen-bond donors (Lipinski definition) is 3. The Labute approximate surface area is 125 Å². The molecular formula is C14H16N2O4S. The average Bonchev–Trinajstić information content (AvgIpc) is 3.12. The molecule has 0 aliphatic heterocycles. The summed E-state index contributed by atoms with van der Waals surface area (Å²) in [6.07, 6.45) is 0.594. The number of aliphatic hydroxyl groups excluding tert-OH is 1. The third kappa shape index (κ3) is 4.44. The van der Waals surface area contributed by atoms with E-state index in [-0.39, 0.29) is 18.4 Å². The molecule has 2 amide bonds. The van der Waals surface area contributed by atoms with Gasteiger partial charge in [0.25, 0.3) is 5.91 Å². The Morgan fingerprint density at radius 2 is 2.14 bits per heavy atom. The first-order chi connectivity index (χ1) is 10.1. The van der Waals surface area contributed by atoms with Crippen molar-refractivity contribution in [2.75, 3.05) is 6.54 Å². The van der Waals surface area contributed by atoms with E-state index in [0.717, 1.165) is 4.88 Å². The van der Waals surface area contributed by atoms with Gasteiger partial charge in [0.05, 0.1) is 24.2 Å². The minimum absolute atomic E-state index is 0.0747. The first-order valence-electron chi connectivity index (χ1n) is 6.39. The highest BCUT2D eigenvalue weighted by Crippen LogP contribution is 2.17. The number of carbonyl (C=O) groups is 2. The van der Waals surface area contributed by atoms with Crippen LogP contribution in [-0.2, 0) is 11.3 Å². The molecule has 1 atom stereocenters. The third-order valence-electron chi connectivity index (χ3n) is 2.72. The zero-order chi connectivity index (χ0) is 15.2. The number of carbonyl (C=O) groups excluding carboxylic acids is 2. The molecule has 0 saturated heterocycles. The fourth-order valence-electron chi connectivity index (χ4n) is 1.66. The van der Waals surface area contributed by atoms with E-state index in [0.29, 0.717) is 17.2 Å². The number of furan rings is 1. The van der Waals surface area contributed by atoms with Crippen LogP contribution in [-0.4, -0.2) is 23.5 Å². The number of hydrogen-bond acceptors (Lipinski definition) is 5. The van der Waals surface area contributed by atoms with Gasteiger partial charge in [-0.2, -0.15) is 0 Å². The molecule has 2 aromatic heterocycles. The summed E-state index contributed by atoms with van der Waals surface area (Å²) in [6.45, 7) is 1.92. The lowest BCUT2D eigenvalue weighted by molar-refractivity contribution is -0.119. The Hall–Kier alpha value is -2.12. The minimum Gasteiger partial charge on any atom is -0.467 e. The molecule has 21 heavy (non-hydrogen) atoms. The average molecular weight is 308 g/mol. The predicted octanol–water partition coefficient (Wildman–Crippen LogP) is 1.44. The fourth-order valence-corrected chi connectivity index (χ4v) is 2.53. The number of thiophene rings is 1. The molecular weight excluding hydrogens is 292 g/mol. The zero-order valence-corrected chi connectivity index (χ0v) is 12.3. The van der Waals surface area contributed by atoms with Crippen LogP contribution in [0.25, 0.3) is 0 Å². The molecule has 2 rings (SSSR count). The topological polar surface area (TPSA) is 91.6 Å². The van der Waals surface area contributed by atoms with Gasteiger partial charge in [-0.3, -0.25) is 9.59 Å². The Morgan fingerprint density at radius 1 is 1.33 bits per heavy atom. The summed E-state index contributed by atoms with van der Waals surface area (Å²) in [6, 6.07) is 6.80. The van der Waals surface area contributed by atoms with Crippen LogP contribution in [0.15, 0.2) is 34.9 Å². The van der Waals surface area contributed by atoms with E-state index in [9.17, 15) is 14.7 Å². The summed E-state index contributed by atoms with van der Waals surface area (Å²) in [7, 11) is 0. The summed E-state index contributed by atoms with van der Waals surface area (Å²) >= 11 is 1.30. The highest BCUT2D eigenvalue weighted by atomic mass is 32.1. The van der Waals surface area contributed by atoms with Crippen molar-refractivity contribution in [3.63, 3.8) is 0 Å². The monoisotopic (exact) mass is 308 g/mol. The van der Waals surface area contributed by atoms with E-state index in [2.05, 4.69) is 10.6 Å². The lowest BCUT2D eigenvalue weighted by Crippen LogP contribution is -2.27. The largest absolute Gasteiger partial charge is 0.467 e. The maximum Gasteiger partial charge on any atom is 0.261 e. The van der Waals surface area contributed by atoms with Crippen LogP contribution in [0.5, 0.6) is 0 Å². The maximum atomic E-state index is 11.9. The van der Waals surface area contributed by atoms with Crippen molar-refractivity contribution in [1.29, 1.82) is 0 Å². The van der Waals surface area contributed by atoms with Crippen molar-refractivity contribution >= 4 is 23.2 Å². The molecule has 0 fully saturated rings. The second-order valence-electron chi connectivity index (χ2n) is 4.42. The molecule has 2 aromatic rings. The summed E-state index contributed by atoms with van der Waals surface area (Å²) in [4.78, 5) is 24.2. The second-order valence-corrected chi connectivity index (χ2v) is 5.59. The molecule has 0 aliphatic carbocycles. The van der Waals surface area contributed by atoms with Crippen molar-refractivity contribution in [3.05, 3.63) is 46.0 Å². The van der Waals surface area contributed by atoms with Gasteiger partial charge in [0.1, 0.15) is 11.9 Å². The number of nitrogens with one attached hydrogen (secondary N) is 2. The van der Waals surface area contributed by atoms with Crippen molar-refractivity contribution in [2.24, 2.45) is 0 Å². The van der Waals surface area contributed by atoms with Crippen molar-refractivity contribution in [1.82, 2.24) is 10.6 Å². The molecule has 6 nitrogen and oxygen atoms in total. The normalized spacial score (nSPS) is 11.9. The van der Waals surface area contributed by atoms with Crippen LogP contribution in [0.2, 0.25) is 0 Å². The molecule has 3 N–H and O–H groups in total. The summed E-state index contributed by atoms with van der Waals surface area (Å²) in [5, 5.41) is 15.1. The van der Waals surface area contributed by atoms with Crippen molar-refractivity contribution < 1.29 is 19.1 Å².